The second kappa shape index (κ2) is 3.69. The van der Waals surface area contributed by atoms with Gasteiger partial charge in [-0.1, -0.05) is 24.4 Å². The van der Waals surface area contributed by atoms with Crippen LogP contribution < -0.4 is 5.73 Å². The summed E-state index contributed by atoms with van der Waals surface area (Å²) in [6.07, 6.45) is 4.32. The summed E-state index contributed by atoms with van der Waals surface area (Å²) in [5.74, 6) is 0.133. The fourth-order valence-electron chi connectivity index (χ4n) is 2.47. The quantitative estimate of drug-likeness (QED) is 0.772. The minimum absolute atomic E-state index is 0.133. The molecule has 1 saturated carbocycles. The van der Waals surface area contributed by atoms with Crippen molar-refractivity contribution in [3.8, 4) is 5.75 Å². The van der Waals surface area contributed by atoms with Gasteiger partial charge in [-0.3, -0.25) is 0 Å². The molecule has 0 atom stereocenters. The number of hydrogen-bond donors (Lipinski definition) is 2. The lowest BCUT2D eigenvalue weighted by Crippen LogP contribution is -2.33. The summed E-state index contributed by atoms with van der Waals surface area (Å²) in [5, 5.41) is 10.0. The van der Waals surface area contributed by atoms with Gasteiger partial charge in [-0.05, 0) is 43.0 Å². The van der Waals surface area contributed by atoms with Crippen LogP contribution in [-0.4, -0.2) is 5.11 Å². The lowest BCUT2D eigenvalue weighted by molar-refractivity contribution is 0.444. The lowest BCUT2D eigenvalue weighted by atomic mass is 9.86. The highest BCUT2D eigenvalue weighted by Gasteiger charge is 2.32. The van der Waals surface area contributed by atoms with E-state index in [-0.39, 0.29) is 11.3 Å². The molecule has 1 aliphatic carbocycles. The maximum atomic E-state index is 9.61. The van der Waals surface area contributed by atoms with Gasteiger partial charge in [0, 0.05) is 5.54 Å². The molecular weight excluding hydrogens is 210 g/mol. The van der Waals surface area contributed by atoms with Gasteiger partial charge in [-0.25, -0.2) is 0 Å². The van der Waals surface area contributed by atoms with Crippen LogP contribution in [0.5, 0.6) is 5.75 Å². The first-order valence-corrected chi connectivity index (χ1v) is 5.69. The third-order valence-electron chi connectivity index (χ3n) is 3.33. The first-order valence-electron chi connectivity index (χ1n) is 5.31. The van der Waals surface area contributed by atoms with Gasteiger partial charge in [0.05, 0.1) is 5.02 Å². The van der Waals surface area contributed by atoms with Crippen molar-refractivity contribution >= 4 is 11.6 Å². The summed E-state index contributed by atoms with van der Waals surface area (Å²) < 4.78 is 0. The van der Waals surface area contributed by atoms with Crippen LogP contribution in [0, 0.1) is 6.92 Å². The first kappa shape index (κ1) is 10.8. The van der Waals surface area contributed by atoms with Crippen LogP contribution in [0.25, 0.3) is 0 Å². The molecule has 0 amide bonds. The number of aromatic hydroxyl groups is 1. The van der Waals surface area contributed by atoms with Gasteiger partial charge in [0.1, 0.15) is 5.75 Å². The summed E-state index contributed by atoms with van der Waals surface area (Å²) in [5.41, 5.74) is 8.20. The third-order valence-corrected chi connectivity index (χ3v) is 3.63. The molecule has 1 aromatic rings. The number of nitrogens with two attached hydrogens (primary N) is 1. The topological polar surface area (TPSA) is 46.2 Å². The molecule has 2 rings (SSSR count). The van der Waals surface area contributed by atoms with E-state index in [2.05, 4.69) is 0 Å². The molecule has 0 bridgehead atoms. The van der Waals surface area contributed by atoms with Crippen LogP contribution in [0.2, 0.25) is 5.02 Å². The minimum atomic E-state index is -0.258. The molecule has 0 saturated heterocycles. The molecule has 1 fully saturated rings. The SMILES string of the molecule is Cc1cc(Cl)c(O)cc1C1(N)CCCC1. The Labute approximate surface area is 95.1 Å². The van der Waals surface area contributed by atoms with Gasteiger partial charge in [0.25, 0.3) is 0 Å². The maximum absolute atomic E-state index is 9.61. The summed E-state index contributed by atoms with van der Waals surface area (Å²) in [6.45, 7) is 1.99. The molecule has 2 nitrogen and oxygen atoms in total. The average molecular weight is 226 g/mol. The van der Waals surface area contributed by atoms with E-state index >= 15 is 0 Å². The van der Waals surface area contributed by atoms with Crippen LogP contribution >= 0.6 is 11.6 Å². The monoisotopic (exact) mass is 225 g/mol. The smallest absolute Gasteiger partial charge is 0.134 e. The second-order valence-electron chi connectivity index (χ2n) is 4.48. The highest BCUT2D eigenvalue weighted by Crippen LogP contribution is 2.40. The zero-order valence-corrected chi connectivity index (χ0v) is 9.64. The van der Waals surface area contributed by atoms with E-state index in [4.69, 9.17) is 17.3 Å². The molecule has 0 radical (unpaired) electrons. The molecule has 82 valence electrons. The Morgan fingerprint density at radius 1 is 1.33 bits per heavy atom. The van der Waals surface area contributed by atoms with Crippen molar-refractivity contribution in [1.29, 1.82) is 0 Å². The molecule has 0 heterocycles. The van der Waals surface area contributed by atoms with Crippen molar-refractivity contribution in [2.24, 2.45) is 5.73 Å². The zero-order chi connectivity index (χ0) is 11.1. The van der Waals surface area contributed by atoms with Crippen molar-refractivity contribution in [3.63, 3.8) is 0 Å². The minimum Gasteiger partial charge on any atom is -0.506 e. The largest absolute Gasteiger partial charge is 0.506 e. The zero-order valence-electron chi connectivity index (χ0n) is 8.89. The van der Waals surface area contributed by atoms with Gasteiger partial charge in [-0.2, -0.15) is 0 Å². The fourth-order valence-corrected chi connectivity index (χ4v) is 2.69. The van der Waals surface area contributed by atoms with Gasteiger partial charge in [0.2, 0.25) is 0 Å². The Bertz CT molecular complexity index is 383. The average Bonchev–Trinajstić information content (AvgIpc) is 2.60. The van der Waals surface area contributed by atoms with Crippen molar-refractivity contribution in [3.05, 3.63) is 28.3 Å². The fraction of sp³-hybridized carbons (Fsp3) is 0.500. The van der Waals surface area contributed by atoms with Crippen molar-refractivity contribution < 1.29 is 5.11 Å². The summed E-state index contributed by atoms with van der Waals surface area (Å²) in [7, 11) is 0. The van der Waals surface area contributed by atoms with Gasteiger partial charge in [-0.15, -0.1) is 0 Å². The van der Waals surface area contributed by atoms with Gasteiger partial charge < -0.3 is 10.8 Å². The summed E-state index contributed by atoms with van der Waals surface area (Å²) in [4.78, 5) is 0. The van der Waals surface area contributed by atoms with E-state index in [1.54, 1.807) is 12.1 Å². The Morgan fingerprint density at radius 3 is 2.53 bits per heavy atom. The number of benzene rings is 1. The Morgan fingerprint density at radius 2 is 1.93 bits per heavy atom. The number of hydrogen-bond acceptors (Lipinski definition) is 2. The predicted octanol–water partition coefficient (Wildman–Crippen LogP) is 3.08. The third kappa shape index (κ3) is 1.84. The number of phenolic OH excluding ortho intramolecular Hbond substituents is 1. The second-order valence-corrected chi connectivity index (χ2v) is 4.89. The van der Waals surface area contributed by atoms with Crippen molar-refractivity contribution in [2.45, 2.75) is 38.1 Å². The van der Waals surface area contributed by atoms with Crippen LogP contribution in [0.3, 0.4) is 0 Å². The van der Waals surface area contributed by atoms with Crippen LogP contribution in [0.1, 0.15) is 36.8 Å². The molecule has 0 aliphatic heterocycles. The summed E-state index contributed by atoms with van der Waals surface area (Å²) in [6, 6.07) is 3.52. The Hall–Kier alpha value is -0.730. The van der Waals surface area contributed by atoms with Crippen molar-refractivity contribution in [1.82, 2.24) is 0 Å². The molecule has 3 N–H and O–H groups in total. The standard InChI is InChI=1S/C12H16ClNO/c1-8-6-10(13)11(15)7-9(8)12(14)4-2-3-5-12/h6-7,15H,2-5,14H2,1H3. The number of halogens is 1. The van der Waals surface area contributed by atoms with E-state index in [1.807, 2.05) is 6.92 Å². The first-order chi connectivity index (χ1) is 7.03. The molecular formula is C12H16ClNO. The van der Waals surface area contributed by atoms with Crippen LogP contribution in [0.4, 0.5) is 0 Å². The number of phenols is 1. The van der Waals surface area contributed by atoms with Gasteiger partial charge in [0.15, 0.2) is 0 Å². The molecule has 0 unspecified atom stereocenters. The van der Waals surface area contributed by atoms with Crippen molar-refractivity contribution in [2.75, 3.05) is 0 Å². The Kier molecular flexibility index (Phi) is 2.65. The highest BCUT2D eigenvalue weighted by molar-refractivity contribution is 6.32. The molecule has 15 heavy (non-hydrogen) atoms. The van der Waals surface area contributed by atoms with E-state index in [0.717, 1.165) is 24.0 Å². The molecule has 1 aromatic carbocycles. The number of rotatable bonds is 1. The summed E-state index contributed by atoms with van der Waals surface area (Å²) >= 11 is 5.85. The lowest BCUT2D eigenvalue weighted by Gasteiger charge is -2.26. The molecule has 3 heteroatoms. The van der Waals surface area contributed by atoms with E-state index in [0.29, 0.717) is 5.02 Å². The number of aryl methyl sites for hydroxylation is 1. The van der Waals surface area contributed by atoms with E-state index in [1.165, 1.54) is 12.8 Å². The normalized spacial score (nSPS) is 19.4. The van der Waals surface area contributed by atoms with E-state index in [9.17, 15) is 5.11 Å². The van der Waals surface area contributed by atoms with Crippen LogP contribution in [0.15, 0.2) is 12.1 Å². The highest BCUT2D eigenvalue weighted by atomic mass is 35.5. The maximum Gasteiger partial charge on any atom is 0.134 e. The predicted molar refractivity (Wildman–Crippen MR) is 62.2 cm³/mol. The molecule has 0 aromatic heterocycles. The molecule has 1 aliphatic rings. The van der Waals surface area contributed by atoms with Crippen LogP contribution in [-0.2, 0) is 5.54 Å². The Balaban J connectivity index is 2.48. The van der Waals surface area contributed by atoms with Gasteiger partial charge >= 0.3 is 0 Å². The molecule has 0 spiro atoms. The van der Waals surface area contributed by atoms with E-state index < -0.39 is 0 Å².